The number of aromatic nitrogens is 2. The van der Waals surface area contributed by atoms with Crippen molar-refractivity contribution in [1.82, 2.24) is 15.1 Å². The van der Waals surface area contributed by atoms with Gasteiger partial charge in [-0.3, -0.25) is 4.68 Å². The molecule has 0 bridgehead atoms. The first-order chi connectivity index (χ1) is 10.2. The molecular formula is C17H24ClN3. The number of halogens is 1. The first kappa shape index (κ1) is 16.1. The highest BCUT2D eigenvalue weighted by Gasteiger charge is 2.14. The molecule has 1 aromatic heterocycles. The van der Waals surface area contributed by atoms with E-state index in [1.165, 1.54) is 5.56 Å². The Labute approximate surface area is 132 Å². The van der Waals surface area contributed by atoms with Gasteiger partial charge in [-0.25, -0.2) is 0 Å². The molecule has 0 fully saturated rings. The summed E-state index contributed by atoms with van der Waals surface area (Å²) in [5, 5.41) is 8.72. The second kappa shape index (κ2) is 7.62. The van der Waals surface area contributed by atoms with Crippen LogP contribution in [0.25, 0.3) is 0 Å². The molecule has 0 saturated carbocycles. The van der Waals surface area contributed by atoms with Crippen LogP contribution in [0, 0.1) is 0 Å². The van der Waals surface area contributed by atoms with Crippen LogP contribution in [0.15, 0.2) is 30.3 Å². The molecule has 0 amide bonds. The molecule has 0 aliphatic carbocycles. The molecule has 0 radical (unpaired) electrons. The van der Waals surface area contributed by atoms with Gasteiger partial charge in [-0.15, -0.1) is 0 Å². The minimum Gasteiger partial charge on any atom is -0.313 e. The summed E-state index contributed by atoms with van der Waals surface area (Å²) in [5.74, 6) is 0. The van der Waals surface area contributed by atoms with Gasteiger partial charge >= 0.3 is 0 Å². The van der Waals surface area contributed by atoms with Crippen LogP contribution < -0.4 is 5.32 Å². The van der Waals surface area contributed by atoms with Crippen molar-refractivity contribution in [3.05, 3.63) is 52.3 Å². The lowest BCUT2D eigenvalue weighted by molar-refractivity contribution is 0.520. The molecular weight excluding hydrogens is 282 g/mol. The van der Waals surface area contributed by atoms with E-state index in [-0.39, 0.29) is 0 Å². The van der Waals surface area contributed by atoms with Crippen molar-refractivity contribution in [2.45, 2.75) is 38.6 Å². The van der Waals surface area contributed by atoms with Crippen molar-refractivity contribution < 1.29 is 0 Å². The Morgan fingerprint density at radius 2 is 2.00 bits per heavy atom. The summed E-state index contributed by atoms with van der Waals surface area (Å²) in [6, 6.07) is 11.0. The number of hydrogen-bond donors (Lipinski definition) is 1. The number of aryl methyl sites for hydroxylation is 2. The SMILES string of the molecule is CCc1nn(C)c(CCCC(NC)c2ccccc2)c1Cl. The number of rotatable bonds is 7. The lowest BCUT2D eigenvalue weighted by atomic mass is 10.0. The van der Waals surface area contributed by atoms with E-state index in [1.807, 2.05) is 18.8 Å². The van der Waals surface area contributed by atoms with Gasteiger partial charge in [-0.1, -0.05) is 48.9 Å². The highest BCUT2D eigenvalue weighted by Crippen LogP contribution is 2.24. The summed E-state index contributed by atoms with van der Waals surface area (Å²) < 4.78 is 1.93. The monoisotopic (exact) mass is 305 g/mol. The largest absolute Gasteiger partial charge is 0.313 e. The normalized spacial score (nSPS) is 12.6. The van der Waals surface area contributed by atoms with Crippen molar-refractivity contribution in [1.29, 1.82) is 0 Å². The van der Waals surface area contributed by atoms with Crippen LogP contribution in [0.1, 0.15) is 42.8 Å². The van der Waals surface area contributed by atoms with Crippen LogP contribution in [-0.4, -0.2) is 16.8 Å². The second-order valence-corrected chi connectivity index (χ2v) is 5.71. The van der Waals surface area contributed by atoms with Crippen molar-refractivity contribution in [2.24, 2.45) is 7.05 Å². The lowest BCUT2D eigenvalue weighted by Crippen LogP contribution is -2.16. The summed E-state index contributed by atoms with van der Waals surface area (Å²) in [6.07, 6.45) is 4.02. The minimum absolute atomic E-state index is 0.392. The standard InChI is InChI=1S/C17H24ClN3/c1-4-14-17(18)16(21(3)20-14)12-8-11-15(19-2)13-9-6-5-7-10-13/h5-7,9-10,15,19H,4,8,11-12H2,1-3H3. The Morgan fingerprint density at radius 1 is 1.29 bits per heavy atom. The van der Waals surface area contributed by atoms with E-state index in [0.29, 0.717) is 6.04 Å². The number of hydrogen-bond acceptors (Lipinski definition) is 2. The lowest BCUT2D eigenvalue weighted by Gasteiger charge is -2.16. The number of benzene rings is 1. The van der Waals surface area contributed by atoms with E-state index in [2.05, 4.69) is 47.7 Å². The molecule has 1 unspecified atom stereocenters. The molecule has 21 heavy (non-hydrogen) atoms. The van der Waals surface area contributed by atoms with E-state index >= 15 is 0 Å². The molecule has 0 aliphatic rings. The number of nitrogens with one attached hydrogen (secondary N) is 1. The Morgan fingerprint density at radius 3 is 2.57 bits per heavy atom. The van der Waals surface area contributed by atoms with Crippen molar-refractivity contribution >= 4 is 11.6 Å². The Hall–Kier alpha value is -1.32. The first-order valence-corrected chi connectivity index (χ1v) is 7.97. The van der Waals surface area contributed by atoms with Crippen LogP contribution in [0.2, 0.25) is 5.02 Å². The molecule has 0 spiro atoms. The van der Waals surface area contributed by atoms with E-state index in [9.17, 15) is 0 Å². The molecule has 0 aliphatic heterocycles. The fourth-order valence-corrected chi connectivity index (χ4v) is 3.12. The molecule has 3 nitrogen and oxygen atoms in total. The topological polar surface area (TPSA) is 29.9 Å². The second-order valence-electron chi connectivity index (χ2n) is 5.33. The van der Waals surface area contributed by atoms with E-state index in [1.54, 1.807) is 0 Å². The van der Waals surface area contributed by atoms with Gasteiger partial charge in [-0.2, -0.15) is 5.10 Å². The first-order valence-electron chi connectivity index (χ1n) is 7.59. The van der Waals surface area contributed by atoms with Gasteiger partial charge in [0.1, 0.15) is 0 Å². The van der Waals surface area contributed by atoms with Gasteiger partial charge in [0.05, 0.1) is 16.4 Å². The van der Waals surface area contributed by atoms with Crippen LogP contribution in [0.3, 0.4) is 0 Å². The maximum Gasteiger partial charge on any atom is 0.0849 e. The zero-order valence-electron chi connectivity index (χ0n) is 13.1. The van der Waals surface area contributed by atoms with Crippen molar-refractivity contribution in [2.75, 3.05) is 7.05 Å². The third kappa shape index (κ3) is 3.86. The molecule has 2 aromatic rings. The smallest absolute Gasteiger partial charge is 0.0849 e. The third-order valence-electron chi connectivity index (χ3n) is 3.96. The molecule has 1 N–H and O–H groups in total. The van der Waals surface area contributed by atoms with Crippen LogP contribution in [0.4, 0.5) is 0 Å². The molecule has 114 valence electrons. The molecule has 1 heterocycles. The van der Waals surface area contributed by atoms with Crippen LogP contribution in [0.5, 0.6) is 0 Å². The van der Waals surface area contributed by atoms with Gasteiger partial charge in [0.25, 0.3) is 0 Å². The average Bonchev–Trinajstić information content (AvgIpc) is 2.79. The predicted octanol–water partition coefficient (Wildman–Crippen LogP) is 3.92. The minimum atomic E-state index is 0.392. The van der Waals surface area contributed by atoms with Gasteiger partial charge in [-0.05, 0) is 38.3 Å². The van der Waals surface area contributed by atoms with Crippen molar-refractivity contribution in [3.8, 4) is 0 Å². The average molecular weight is 306 g/mol. The zero-order chi connectivity index (χ0) is 15.2. The fraction of sp³-hybridized carbons (Fsp3) is 0.471. The maximum absolute atomic E-state index is 6.40. The summed E-state index contributed by atoms with van der Waals surface area (Å²) in [4.78, 5) is 0. The zero-order valence-corrected chi connectivity index (χ0v) is 13.8. The predicted molar refractivity (Wildman–Crippen MR) is 88.8 cm³/mol. The molecule has 1 aromatic carbocycles. The highest BCUT2D eigenvalue weighted by molar-refractivity contribution is 6.31. The van der Waals surface area contributed by atoms with Crippen molar-refractivity contribution in [3.63, 3.8) is 0 Å². The number of nitrogens with zero attached hydrogens (tertiary/aromatic N) is 2. The van der Waals surface area contributed by atoms with Gasteiger partial charge in [0.2, 0.25) is 0 Å². The Balaban J connectivity index is 1.96. The fourth-order valence-electron chi connectivity index (χ4n) is 2.73. The summed E-state index contributed by atoms with van der Waals surface area (Å²) in [5.41, 5.74) is 3.49. The Bertz CT molecular complexity index is 563. The molecule has 1 atom stereocenters. The molecule has 4 heteroatoms. The quantitative estimate of drug-likeness (QED) is 0.840. The van der Waals surface area contributed by atoms with Gasteiger partial charge in [0, 0.05) is 13.1 Å². The van der Waals surface area contributed by atoms with E-state index in [4.69, 9.17) is 11.6 Å². The molecule has 0 saturated heterocycles. The summed E-state index contributed by atoms with van der Waals surface area (Å²) in [7, 11) is 4.00. The molecule has 2 rings (SSSR count). The van der Waals surface area contributed by atoms with Gasteiger partial charge < -0.3 is 5.32 Å². The maximum atomic E-state index is 6.40. The van der Waals surface area contributed by atoms with Crippen LogP contribution in [-0.2, 0) is 19.9 Å². The van der Waals surface area contributed by atoms with E-state index < -0.39 is 0 Å². The highest BCUT2D eigenvalue weighted by atomic mass is 35.5. The summed E-state index contributed by atoms with van der Waals surface area (Å²) in [6.45, 7) is 2.09. The van der Waals surface area contributed by atoms with E-state index in [0.717, 1.165) is 42.1 Å². The van der Waals surface area contributed by atoms with Gasteiger partial charge in [0.15, 0.2) is 0 Å². The van der Waals surface area contributed by atoms with Crippen LogP contribution >= 0.6 is 11.6 Å². The third-order valence-corrected chi connectivity index (χ3v) is 4.40. The summed E-state index contributed by atoms with van der Waals surface area (Å²) >= 11 is 6.40. The Kier molecular flexibility index (Phi) is 5.83.